The Labute approximate surface area is 121 Å². The summed E-state index contributed by atoms with van der Waals surface area (Å²) in [5.41, 5.74) is -0.718. The van der Waals surface area contributed by atoms with E-state index < -0.39 is 39.0 Å². The summed E-state index contributed by atoms with van der Waals surface area (Å²) in [6.07, 6.45) is -1.03. The standard InChI is InChI=1S/C13H27NO5S/c1-10(2)6-14-7-11(15)8-20(17,18)9-12(16)19-13(3,4)5/h10-11,14-15H,6-9H2,1-5H3. The van der Waals surface area contributed by atoms with Gasteiger partial charge in [-0.15, -0.1) is 0 Å². The topological polar surface area (TPSA) is 92.7 Å². The highest BCUT2D eigenvalue weighted by Crippen LogP contribution is 2.08. The van der Waals surface area contributed by atoms with Gasteiger partial charge in [-0.1, -0.05) is 13.8 Å². The molecule has 0 aliphatic rings. The van der Waals surface area contributed by atoms with Crippen molar-refractivity contribution >= 4 is 15.8 Å². The molecule has 0 radical (unpaired) electrons. The number of sulfone groups is 1. The first-order chi connectivity index (χ1) is 8.91. The Hall–Kier alpha value is -0.660. The average Bonchev–Trinajstić information content (AvgIpc) is 2.10. The summed E-state index contributed by atoms with van der Waals surface area (Å²) in [6, 6.07) is 0. The van der Waals surface area contributed by atoms with Gasteiger partial charge in [-0.05, 0) is 33.2 Å². The van der Waals surface area contributed by atoms with E-state index in [-0.39, 0.29) is 6.54 Å². The first-order valence-electron chi connectivity index (χ1n) is 6.72. The van der Waals surface area contributed by atoms with E-state index in [1.807, 2.05) is 13.8 Å². The van der Waals surface area contributed by atoms with E-state index >= 15 is 0 Å². The van der Waals surface area contributed by atoms with E-state index in [0.29, 0.717) is 12.5 Å². The summed E-state index contributed by atoms with van der Waals surface area (Å²) in [7, 11) is -3.67. The Bertz CT molecular complexity index is 397. The molecule has 0 aliphatic carbocycles. The van der Waals surface area contributed by atoms with Crippen molar-refractivity contribution in [2.24, 2.45) is 5.92 Å². The number of ether oxygens (including phenoxy) is 1. The van der Waals surface area contributed by atoms with Crippen LogP contribution in [0.4, 0.5) is 0 Å². The molecule has 0 aromatic carbocycles. The first kappa shape index (κ1) is 19.3. The third-order valence-corrected chi connectivity index (χ3v) is 3.70. The molecule has 1 atom stereocenters. The fourth-order valence-corrected chi connectivity index (χ4v) is 2.74. The van der Waals surface area contributed by atoms with Crippen molar-refractivity contribution in [3.63, 3.8) is 0 Å². The van der Waals surface area contributed by atoms with E-state index in [1.54, 1.807) is 20.8 Å². The minimum atomic E-state index is -3.67. The van der Waals surface area contributed by atoms with Crippen molar-refractivity contribution in [3.05, 3.63) is 0 Å². The summed E-state index contributed by atoms with van der Waals surface area (Å²) in [5, 5.41) is 12.6. The third kappa shape index (κ3) is 11.2. The lowest BCUT2D eigenvalue weighted by molar-refractivity contribution is -0.151. The Morgan fingerprint density at radius 3 is 2.25 bits per heavy atom. The molecule has 6 nitrogen and oxygen atoms in total. The molecule has 0 aromatic heterocycles. The van der Waals surface area contributed by atoms with Crippen LogP contribution in [0.5, 0.6) is 0 Å². The molecule has 7 heteroatoms. The molecule has 20 heavy (non-hydrogen) atoms. The van der Waals surface area contributed by atoms with Gasteiger partial charge in [-0.25, -0.2) is 8.42 Å². The Kier molecular flexibility index (Phi) is 7.69. The van der Waals surface area contributed by atoms with Crippen LogP contribution in [-0.2, 0) is 19.4 Å². The van der Waals surface area contributed by atoms with Crippen molar-refractivity contribution in [3.8, 4) is 0 Å². The number of aliphatic hydroxyl groups excluding tert-OH is 1. The lowest BCUT2D eigenvalue weighted by Gasteiger charge is -2.19. The fourth-order valence-electron chi connectivity index (χ4n) is 1.50. The second kappa shape index (κ2) is 7.95. The maximum Gasteiger partial charge on any atom is 0.321 e. The lowest BCUT2D eigenvalue weighted by atomic mass is 10.2. The van der Waals surface area contributed by atoms with Gasteiger partial charge in [0.1, 0.15) is 11.4 Å². The predicted octanol–water partition coefficient (Wildman–Crippen LogP) is 0.349. The van der Waals surface area contributed by atoms with Crippen LogP contribution in [-0.4, -0.2) is 55.8 Å². The van der Waals surface area contributed by atoms with Gasteiger partial charge in [0.05, 0.1) is 11.9 Å². The molecule has 0 saturated carbocycles. The number of carbonyl (C=O) groups excluding carboxylic acids is 1. The number of aliphatic hydroxyl groups is 1. The molecule has 0 heterocycles. The SMILES string of the molecule is CC(C)CNCC(O)CS(=O)(=O)CC(=O)OC(C)(C)C. The minimum Gasteiger partial charge on any atom is -0.459 e. The van der Waals surface area contributed by atoms with E-state index in [0.717, 1.165) is 0 Å². The zero-order chi connectivity index (χ0) is 16.0. The van der Waals surface area contributed by atoms with Gasteiger partial charge in [-0.2, -0.15) is 0 Å². The number of hydrogen-bond acceptors (Lipinski definition) is 6. The molecule has 2 N–H and O–H groups in total. The van der Waals surface area contributed by atoms with Gasteiger partial charge in [-0.3, -0.25) is 4.79 Å². The number of hydrogen-bond donors (Lipinski definition) is 2. The molecule has 0 spiro atoms. The monoisotopic (exact) mass is 309 g/mol. The molecule has 0 fully saturated rings. The molecule has 0 rings (SSSR count). The Morgan fingerprint density at radius 2 is 1.80 bits per heavy atom. The number of carbonyl (C=O) groups is 1. The molecule has 0 aromatic rings. The minimum absolute atomic E-state index is 0.186. The largest absolute Gasteiger partial charge is 0.459 e. The normalized spacial score (nSPS) is 14.3. The summed E-state index contributed by atoms with van der Waals surface area (Å²) in [6.45, 7) is 9.92. The van der Waals surface area contributed by atoms with Crippen LogP contribution in [0, 0.1) is 5.92 Å². The van der Waals surface area contributed by atoms with E-state index in [2.05, 4.69) is 5.32 Å². The number of nitrogens with one attached hydrogen (secondary N) is 1. The smallest absolute Gasteiger partial charge is 0.321 e. The second-order valence-electron chi connectivity index (χ2n) is 6.35. The van der Waals surface area contributed by atoms with Crippen LogP contribution >= 0.6 is 0 Å². The molecular weight excluding hydrogens is 282 g/mol. The van der Waals surface area contributed by atoms with Crippen molar-refractivity contribution in [1.82, 2.24) is 5.32 Å². The van der Waals surface area contributed by atoms with Crippen LogP contribution in [0.1, 0.15) is 34.6 Å². The zero-order valence-corrected chi connectivity index (χ0v) is 13.8. The highest BCUT2D eigenvalue weighted by molar-refractivity contribution is 7.92. The fraction of sp³-hybridized carbons (Fsp3) is 0.923. The first-order valence-corrected chi connectivity index (χ1v) is 8.54. The quantitative estimate of drug-likeness (QED) is 0.629. The van der Waals surface area contributed by atoms with Gasteiger partial charge in [0.15, 0.2) is 9.84 Å². The van der Waals surface area contributed by atoms with Crippen LogP contribution < -0.4 is 5.32 Å². The highest BCUT2D eigenvalue weighted by Gasteiger charge is 2.25. The van der Waals surface area contributed by atoms with Crippen LogP contribution in [0.15, 0.2) is 0 Å². The molecule has 0 bridgehead atoms. The molecule has 0 amide bonds. The van der Waals surface area contributed by atoms with Crippen molar-refractivity contribution < 1.29 is 23.1 Å². The number of esters is 1. The molecule has 1 unspecified atom stereocenters. The van der Waals surface area contributed by atoms with Crippen LogP contribution in [0.3, 0.4) is 0 Å². The van der Waals surface area contributed by atoms with Gasteiger partial charge in [0.2, 0.25) is 0 Å². The molecular formula is C13H27NO5S. The van der Waals surface area contributed by atoms with E-state index in [9.17, 15) is 18.3 Å². The molecule has 120 valence electrons. The van der Waals surface area contributed by atoms with Crippen molar-refractivity contribution in [2.45, 2.75) is 46.3 Å². The van der Waals surface area contributed by atoms with Crippen molar-refractivity contribution in [1.29, 1.82) is 0 Å². The zero-order valence-electron chi connectivity index (χ0n) is 13.0. The highest BCUT2D eigenvalue weighted by atomic mass is 32.2. The Morgan fingerprint density at radius 1 is 1.25 bits per heavy atom. The maximum atomic E-state index is 11.7. The summed E-state index contributed by atoms with van der Waals surface area (Å²) in [4.78, 5) is 11.5. The van der Waals surface area contributed by atoms with E-state index in [4.69, 9.17) is 4.74 Å². The van der Waals surface area contributed by atoms with Crippen LogP contribution in [0.25, 0.3) is 0 Å². The molecule has 0 aliphatic heterocycles. The van der Waals surface area contributed by atoms with Gasteiger partial charge in [0.25, 0.3) is 0 Å². The van der Waals surface area contributed by atoms with Gasteiger partial charge < -0.3 is 15.2 Å². The average molecular weight is 309 g/mol. The summed E-state index contributed by atoms with van der Waals surface area (Å²) < 4.78 is 28.4. The number of rotatable bonds is 8. The second-order valence-corrected chi connectivity index (χ2v) is 8.46. The van der Waals surface area contributed by atoms with Gasteiger partial charge >= 0.3 is 5.97 Å². The van der Waals surface area contributed by atoms with Crippen LogP contribution in [0.2, 0.25) is 0 Å². The lowest BCUT2D eigenvalue weighted by Crippen LogP contribution is -2.36. The Balaban J connectivity index is 4.21. The summed E-state index contributed by atoms with van der Waals surface area (Å²) >= 11 is 0. The predicted molar refractivity (Wildman–Crippen MR) is 78.2 cm³/mol. The maximum absolute atomic E-state index is 11.7. The summed E-state index contributed by atoms with van der Waals surface area (Å²) in [5.74, 6) is -1.52. The third-order valence-electron chi connectivity index (χ3n) is 2.14. The van der Waals surface area contributed by atoms with Gasteiger partial charge in [0, 0.05) is 6.54 Å². The van der Waals surface area contributed by atoms with E-state index in [1.165, 1.54) is 0 Å². The molecule has 0 saturated heterocycles. The van der Waals surface area contributed by atoms with Crippen molar-refractivity contribution in [2.75, 3.05) is 24.6 Å².